The van der Waals surface area contributed by atoms with Crippen LogP contribution in [0.1, 0.15) is 5.56 Å². The smallest absolute Gasteiger partial charge is 0.140 e. The average molecular weight is 241 g/mol. The molecule has 0 fully saturated rings. The van der Waals surface area contributed by atoms with Crippen LogP contribution in [-0.4, -0.2) is 9.97 Å². The second kappa shape index (κ2) is 3.84. The van der Waals surface area contributed by atoms with E-state index in [1.54, 1.807) is 6.07 Å². The van der Waals surface area contributed by atoms with E-state index in [0.717, 1.165) is 16.6 Å². The van der Waals surface area contributed by atoms with E-state index in [-0.39, 0.29) is 5.82 Å². The summed E-state index contributed by atoms with van der Waals surface area (Å²) in [6, 6.07) is 10.2. The molecule has 0 aliphatic heterocycles. The van der Waals surface area contributed by atoms with Crippen molar-refractivity contribution < 1.29 is 4.39 Å². The maximum absolute atomic E-state index is 13.1. The third-order valence-corrected chi connectivity index (χ3v) is 2.99. The van der Waals surface area contributed by atoms with Crippen molar-refractivity contribution in [2.24, 2.45) is 0 Å². The SMILES string of the molecule is Cc1cccc(N)c1-c1nc2ccc(F)cc2[nH]1. The number of imidazole rings is 1. The summed E-state index contributed by atoms with van der Waals surface area (Å²) < 4.78 is 13.1. The first-order valence-corrected chi connectivity index (χ1v) is 5.66. The summed E-state index contributed by atoms with van der Waals surface area (Å²) in [5.74, 6) is 0.390. The molecule has 3 N–H and O–H groups in total. The Hall–Kier alpha value is -2.36. The molecule has 90 valence electrons. The van der Waals surface area contributed by atoms with E-state index in [9.17, 15) is 4.39 Å². The summed E-state index contributed by atoms with van der Waals surface area (Å²) in [6.45, 7) is 1.97. The molecular weight excluding hydrogens is 229 g/mol. The van der Waals surface area contributed by atoms with Crippen LogP contribution >= 0.6 is 0 Å². The predicted octanol–water partition coefficient (Wildman–Crippen LogP) is 3.26. The van der Waals surface area contributed by atoms with Gasteiger partial charge in [0.25, 0.3) is 0 Å². The number of anilines is 1. The van der Waals surface area contributed by atoms with Gasteiger partial charge in [-0.25, -0.2) is 9.37 Å². The lowest BCUT2D eigenvalue weighted by molar-refractivity contribution is 0.629. The van der Waals surface area contributed by atoms with Crippen LogP contribution in [-0.2, 0) is 0 Å². The molecule has 0 bridgehead atoms. The number of hydrogen-bond donors (Lipinski definition) is 2. The first-order valence-electron chi connectivity index (χ1n) is 5.66. The van der Waals surface area contributed by atoms with E-state index < -0.39 is 0 Å². The van der Waals surface area contributed by atoms with E-state index in [2.05, 4.69) is 9.97 Å². The molecule has 0 unspecified atom stereocenters. The summed E-state index contributed by atoms with van der Waals surface area (Å²) in [6.07, 6.45) is 0. The fraction of sp³-hybridized carbons (Fsp3) is 0.0714. The molecule has 0 spiro atoms. The van der Waals surface area contributed by atoms with Crippen LogP contribution in [0.3, 0.4) is 0 Å². The average Bonchev–Trinajstić information content (AvgIpc) is 2.71. The number of nitrogens with zero attached hydrogens (tertiary/aromatic N) is 1. The Morgan fingerprint density at radius 2 is 2.06 bits per heavy atom. The molecule has 0 aliphatic rings. The van der Waals surface area contributed by atoms with Gasteiger partial charge in [0.2, 0.25) is 0 Å². The molecule has 0 radical (unpaired) electrons. The molecule has 3 aromatic rings. The number of aromatic amines is 1. The van der Waals surface area contributed by atoms with E-state index in [1.807, 2.05) is 25.1 Å². The molecule has 3 nitrogen and oxygen atoms in total. The Morgan fingerprint density at radius 3 is 2.83 bits per heavy atom. The Balaban J connectivity index is 2.26. The van der Waals surface area contributed by atoms with Gasteiger partial charge in [0.05, 0.1) is 11.0 Å². The second-order valence-corrected chi connectivity index (χ2v) is 4.29. The van der Waals surface area contributed by atoms with Crippen LogP contribution in [0.4, 0.5) is 10.1 Å². The number of nitrogens with one attached hydrogen (secondary N) is 1. The third kappa shape index (κ3) is 1.62. The van der Waals surface area contributed by atoms with Gasteiger partial charge in [-0.05, 0) is 36.8 Å². The van der Waals surface area contributed by atoms with Crippen LogP contribution in [0.15, 0.2) is 36.4 Å². The van der Waals surface area contributed by atoms with E-state index in [1.165, 1.54) is 12.1 Å². The summed E-state index contributed by atoms with van der Waals surface area (Å²) in [4.78, 5) is 7.55. The topological polar surface area (TPSA) is 54.7 Å². The quantitative estimate of drug-likeness (QED) is 0.642. The number of aromatic nitrogens is 2. The number of halogens is 1. The molecule has 4 heteroatoms. The van der Waals surface area contributed by atoms with Gasteiger partial charge < -0.3 is 10.7 Å². The maximum Gasteiger partial charge on any atom is 0.140 e. The molecule has 18 heavy (non-hydrogen) atoms. The zero-order chi connectivity index (χ0) is 12.7. The number of fused-ring (bicyclic) bond motifs is 1. The minimum atomic E-state index is -0.282. The van der Waals surface area contributed by atoms with Gasteiger partial charge in [-0.2, -0.15) is 0 Å². The van der Waals surface area contributed by atoms with Gasteiger partial charge >= 0.3 is 0 Å². The van der Waals surface area contributed by atoms with Gasteiger partial charge in [-0.3, -0.25) is 0 Å². The fourth-order valence-corrected chi connectivity index (χ4v) is 2.11. The second-order valence-electron chi connectivity index (χ2n) is 4.29. The number of hydrogen-bond acceptors (Lipinski definition) is 2. The zero-order valence-electron chi connectivity index (χ0n) is 9.87. The van der Waals surface area contributed by atoms with Crippen molar-refractivity contribution in [1.29, 1.82) is 0 Å². The Bertz CT molecular complexity index is 711. The van der Waals surface area contributed by atoms with Crippen LogP contribution in [0.25, 0.3) is 22.4 Å². The van der Waals surface area contributed by atoms with Crippen molar-refractivity contribution in [2.45, 2.75) is 6.92 Å². The van der Waals surface area contributed by atoms with Crippen molar-refractivity contribution in [2.75, 3.05) is 5.73 Å². The summed E-state index contributed by atoms with van der Waals surface area (Å²) in [5.41, 5.74) is 9.94. The highest BCUT2D eigenvalue weighted by atomic mass is 19.1. The lowest BCUT2D eigenvalue weighted by atomic mass is 10.1. The van der Waals surface area contributed by atoms with Crippen molar-refractivity contribution >= 4 is 16.7 Å². The Kier molecular flexibility index (Phi) is 2.30. The van der Waals surface area contributed by atoms with E-state index >= 15 is 0 Å². The Morgan fingerprint density at radius 1 is 1.22 bits per heavy atom. The molecule has 0 atom stereocenters. The number of benzene rings is 2. The fourth-order valence-electron chi connectivity index (χ4n) is 2.11. The predicted molar refractivity (Wildman–Crippen MR) is 70.6 cm³/mol. The molecule has 0 aliphatic carbocycles. The standard InChI is InChI=1S/C14H12FN3/c1-8-3-2-4-10(16)13(8)14-17-11-6-5-9(15)7-12(11)18-14/h2-7H,16H2,1H3,(H,17,18). The molecule has 2 aromatic carbocycles. The minimum Gasteiger partial charge on any atom is -0.398 e. The number of H-pyrrole nitrogens is 1. The monoisotopic (exact) mass is 241 g/mol. The number of rotatable bonds is 1. The Labute approximate surface area is 103 Å². The maximum atomic E-state index is 13.1. The number of nitrogen functional groups attached to an aromatic ring is 1. The summed E-state index contributed by atoms with van der Waals surface area (Å²) >= 11 is 0. The molecule has 0 amide bonds. The van der Waals surface area contributed by atoms with E-state index in [4.69, 9.17) is 5.73 Å². The zero-order valence-corrected chi connectivity index (χ0v) is 9.87. The molecule has 1 aromatic heterocycles. The summed E-state index contributed by atoms with van der Waals surface area (Å²) in [7, 11) is 0. The van der Waals surface area contributed by atoms with Crippen LogP contribution in [0.5, 0.6) is 0 Å². The van der Waals surface area contributed by atoms with Crippen molar-refractivity contribution in [3.05, 3.63) is 47.8 Å². The van der Waals surface area contributed by atoms with Gasteiger partial charge in [0, 0.05) is 11.3 Å². The van der Waals surface area contributed by atoms with Gasteiger partial charge in [-0.1, -0.05) is 12.1 Å². The van der Waals surface area contributed by atoms with Gasteiger partial charge in [0.15, 0.2) is 0 Å². The first-order chi connectivity index (χ1) is 8.65. The van der Waals surface area contributed by atoms with Gasteiger partial charge in [-0.15, -0.1) is 0 Å². The highest BCUT2D eigenvalue weighted by Gasteiger charge is 2.11. The highest BCUT2D eigenvalue weighted by Crippen LogP contribution is 2.28. The molecule has 0 saturated heterocycles. The van der Waals surface area contributed by atoms with Gasteiger partial charge in [0.1, 0.15) is 11.6 Å². The number of nitrogens with two attached hydrogens (primary N) is 1. The first kappa shape index (κ1) is 10.8. The molecule has 1 heterocycles. The lowest BCUT2D eigenvalue weighted by Gasteiger charge is -2.05. The molecule has 3 rings (SSSR count). The van der Waals surface area contributed by atoms with Crippen molar-refractivity contribution in [3.63, 3.8) is 0 Å². The number of aryl methyl sites for hydroxylation is 1. The van der Waals surface area contributed by atoms with Crippen LogP contribution in [0, 0.1) is 12.7 Å². The minimum absolute atomic E-state index is 0.282. The molecular formula is C14H12FN3. The van der Waals surface area contributed by atoms with Crippen molar-refractivity contribution in [3.8, 4) is 11.4 Å². The molecule has 0 saturated carbocycles. The normalized spacial score (nSPS) is 11.0. The van der Waals surface area contributed by atoms with Crippen LogP contribution < -0.4 is 5.73 Å². The highest BCUT2D eigenvalue weighted by molar-refractivity contribution is 5.83. The summed E-state index contributed by atoms with van der Waals surface area (Å²) in [5, 5.41) is 0. The lowest BCUT2D eigenvalue weighted by Crippen LogP contribution is -1.93. The van der Waals surface area contributed by atoms with Crippen molar-refractivity contribution in [1.82, 2.24) is 9.97 Å². The van der Waals surface area contributed by atoms with Crippen LogP contribution in [0.2, 0.25) is 0 Å². The van der Waals surface area contributed by atoms with E-state index in [0.29, 0.717) is 17.0 Å². The largest absolute Gasteiger partial charge is 0.398 e. The third-order valence-electron chi connectivity index (χ3n) is 2.99.